The minimum atomic E-state index is -4.18. The summed E-state index contributed by atoms with van der Waals surface area (Å²) in [7, 11) is 0. The molecular formula is C10H8BrF3N2S. The molecule has 92 valence electrons. The molecule has 2 aromatic rings. The van der Waals surface area contributed by atoms with Crippen molar-refractivity contribution in [3.05, 3.63) is 27.7 Å². The molecule has 0 saturated carbocycles. The molecule has 2 nitrogen and oxygen atoms in total. The van der Waals surface area contributed by atoms with E-state index in [0.717, 1.165) is 14.7 Å². The Balaban J connectivity index is 2.05. The zero-order valence-corrected chi connectivity index (χ0v) is 10.9. The number of thiazole rings is 1. The molecule has 0 aliphatic carbocycles. The first-order valence-corrected chi connectivity index (χ1v) is 6.37. The molecule has 2 rings (SSSR count). The Morgan fingerprint density at radius 3 is 2.82 bits per heavy atom. The van der Waals surface area contributed by atoms with Crippen molar-refractivity contribution in [2.75, 3.05) is 6.54 Å². The van der Waals surface area contributed by atoms with Crippen molar-refractivity contribution in [1.29, 1.82) is 0 Å². The molecule has 0 atom stereocenters. The third kappa shape index (κ3) is 3.65. The van der Waals surface area contributed by atoms with Crippen LogP contribution >= 0.6 is 27.3 Å². The first-order chi connectivity index (χ1) is 7.94. The molecule has 0 saturated heterocycles. The van der Waals surface area contributed by atoms with Gasteiger partial charge < -0.3 is 5.32 Å². The van der Waals surface area contributed by atoms with Gasteiger partial charge in [0.2, 0.25) is 0 Å². The van der Waals surface area contributed by atoms with Crippen LogP contribution in [0.3, 0.4) is 0 Å². The second-order valence-electron chi connectivity index (χ2n) is 3.44. The average Bonchev–Trinajstić information content (AvgIpc) is 2.57. The predicted molar refractivity (Wildman–Crippen MR) is 65.1 cm³/mol. The van der Waals surface area contributed by atoms with E-state index in [-0.39, 0.29) is 6.54 Å². The average molecular weight is 325 g/mol. The minimum Gasteiger partial charge on any atom is -0.302 e. The Hall–Kier alpha value is -0.660. The van der Waals surface area contributed by atoms with E-state index in [9.17, 15) is 13.2 Å². The fourth-order valence-corrected chi connectivity index (χ4v) is 2.60. The van der Waals surface area contributed by atoms with E-state index in [1.165, 1.54) is 11.3 Å². The third-order valence-corrected chi connectivity index (χ3v) is 3.53. The van der Waals surface area contributed by atoms with Gasteiger partial charge in [-0.1, -0.05) is 15.9 Å². The summed E-state index contributed by atoms with van der Waals surface area (Å²) in [6.45, 7) is -0.858. The van der Waals surface area contributed by atoms with E-state index in [1.807, 2.05) is 18.2 Å². The lowest BCUT2D eigenvalue weighted by Gasteiger charge is -2.05. The predicted octanol–water partition coefficient (Wildman–Crippen LogP) is 3.71. The SMILES string of the molecule is FC(F)(F)CNCc1nc2cc(Br)ccc2s1. The standard InChI is InChI=1S/C10H8BrF3N2S/c11-6-1-2-8-7(3-6)16-9(17-8)4-15-5-10(12,13)14/h1-3,15H,4-5H2. The molecule has 0 radical (unpaired) electrons. The molecular weight excluding hydrogens is 317 g/mol. The molecule has 0 fully saturated rings. The van der Waals surface area contributed by atoms with Gasteiger partial charge >= 0.3 is 6.18 Å². The number of hydrogen-bond donors (Lipinski definition) is 1. The molecule has 17 heavy (non-hydrogen) atoms. The molecule has 1 heterocycles. The van der Waals surface area contributed by atoms with Crippen LogP contribution < -0.4 is 5.32 Å². The lowest BCUT2D eigenvalue weighted by atomic mass is 10.3. The highest BCUT2D eigenvalue weighted by atomic mass is 79.9. The molecule has 0 bridgehead atoms. The maximum atomic E-state index is 11.9. The number of halogens is 4. The summed E-state index contributed by atoms with van der Waals surface area (Å²) >= 11 is 4.72. The van der Waals surface area contributed by atoms with Crippen molar-refractivity contribution < 1.29 is 13.2 Å². The second kappa shape index (κ2) is 4.91. The van der Waals surface area contributed by atoms with Gasteiger partial charge in [-0.2, -0.15) is 13.2 Å². The Labute approximate surface area is 108 Å². The van der Waals surface area contributed by atoms with Crippen LogP contribution in [0.5, 0.6) is 0 Å². The van der Waals surface area contributed by atoms with Gasteiger partial charge in [0, 0.05) is 11.0 Å². The topological polar surface area (TPSA) is 24.9 Å². The Bertz CT molecular complexity index is 524. The lowest BCUT2D eigenvalue weighted by Crippen LogP contribution is -2.28. The Morgan fingerprint density at radius 1 is 1.35 bits per heavy atom. The van der Waals surface area contributed by atoms with Crippen LogP contribution in [-0.4, -0.2) is 17.7 Å². The van der Waals surface area contributed by atoms with Crippen molar-refractivity contribution in [1.82, 2.24) is 10.3 Å². The van der Waals surface area contributed by atoms with Crippen LogP contribution in [0.25, 0.3) is 10.2 Å². The first-order valence-electron chi connectivity index (χ1n) is 4.76. The van der Waals surface area contributed by atoms with Crippen LogP contribution in [-0.2, 0) is 6.54 Å². The minimum absolute atomic E-state index is 0.135. The van der Waals surface area contributed by atoms with E-state index < -0.39 is 12.7 Å². The normalized spacial score (nSPS) is 12.2. The van der Waals surface area contributed by atoms with Gasteiger partial charge in [-0.15, -0.1) is 11.3 Å². The molecule has 1 N–H and O–H groups in total. The number of nitrogens with one attached hydrogen (secondary N) is 1. The van der Waals surface area contributed by atoms with Gasteiger partial charge in [0.25, 0.3) is 0 Å². The highest BCUT2D eigenvalue weighted by Gasteiger charge is 2.26. The molecule has 0 aliphatic rings. The summed E-state index contributed by atoms with van der Waals surface area (Å²) in [5.74, 6) is 0. The highest BCUT2D eigenvalue weighted by Crippen LogP contribution is 2.25. The van der Waals surface area contributed by atoms with Gasteiger partial charge in [-0.25, -0.2) is 4.98 Å². The van der Waals surface area contributed by atoms with E-state index in [1.54, 1.807) is 0 Å². The van der Waals surface area contributed by atoms with E-state index >= 15 is 0 Å². The number of alkyl halides is 3. The molecule has 0 aliphatic heterocycles. The monoisotopic (exact) mass is 324 g/mol. The highest BCUT2D eigenvalue weighted by molar-refractivity contribution is 9.10. The molecule has 1 aromatic carbocycles. The number of hydrogen-bond acceptors (Lipinski definition) is 3. The molecule has 7 heteroatoms. The Morgan fingerprint density at radius 2 is 2.12 bits per heavy atom. The van der Waals surface area contributed by atoms with Crippen LogP contribution in [0.1, 0.15) is 5.01 Å². The van der Waals surface area contributed by atoms with E-state index in [0.29, 0.717) is 5.01 Å². The summed E-state index contributed by atoms with van der Waals surface area (Å²) in [6.07, 6.45) is -4.18. The van der Waals surface area contributed by atoms with Crippen LogP contribution in [0, 0.1) is 0 Å². The van der Waals surface area contributed by atoms with Gasteiger partial charge in [0.05, 0.1) is 16.8 Å². The molecule has 1 aromatic heterocycles. The number of benzene rings is 1. The fraction of sp³-hybridized carbons (Fsp3) is 0.300. The fourth-order valence-electron chi connectivity index (χ4n) is 1.34. The van der Waals surface area contributed by atoms with Gasteiger partial charge in [-0.3, -0.25) is 0 Å². The summed E-state index contributed by atoms with van der Waals surface area (Å²) in [5.41, 5.74) is 0.799. The first kappa shape index (κ1) is 12.8. The third-order valence-electron chi connectivity index (χ3n) is 2.00. The van der Waals surface area contributed by atoms with Gasteiger partial charge in [-0.05, 0) is 18.2 Å². The lowest BCUT2D eigenvalue weighted by molar-refractivity contribution is -0.125. The van der Waals surface area contributed by atoms with Crippen LogP contribution in [0.2, 0.25) is 0 Å². The summed E-state index contributed by atoms with van der Waals surface area (Å²) < 4.78 is 37.7. The number of fused-ring (bicyclic) bond motifs is 1. The number of aromatic nitrogens is 1. The van der Waals surface area contributed by atoms with Crippen molar-refractivity contribution in [3.63, 3.8) is 0 Å². The quantitative estimate of drug-likeness (QED) is 0.931. The van der Waals surface area contributed by atoms with Crippen LogP contribution in [0.15, 0.2) is 22.7 Å². The van der Waals surface area contributed by atoms with Crippen LogP contribution in [0.4, 0.5) is 13.2 Å². The Kier molecular flexibility index (Phi) is 3.70. The summed E-state index contributed by atoms with van der Waals surface area (Å²) in [5, 5.41) is 2.98. The van der Waals surface area contributed by atoms with Crippen molar-refractivity contribution in [3.8, 4) is 0 Å². The second-order valence-corrected chi connectivity index (χ2v) is 5.47. The van der Waals surface area contributed by atoms with E-state index in [2.05, 4.69) is 26.2 Å². The molecule has 0 spiro atoms. The summed E-state index contributed by atoms with van der Waals surface area (Å²) in [6, 6.07) is 5.62. The van der Waals surface area contributed by atoms with E-state index in [4.69, 9.17) is 0 Å². The summed E-state index contributed by atoms with van der Waals surface area (Å²) in [4.78, 5) is 4.25. The zero-order chi connectivity index (χ0) is 12.5. The van der Waals surface area contributed by atoms with Crippen molar-refractivity contribution >= 4 is 37.5 Å². The van der Waals surface area contributed by atoms with Crippen molar-refractivity contribution in [2.45, 2.75) is 12.7 Å². The van der Waals surface area contributed by atoms with Gasteiger partial charge in [0.1, 0.15) is 5.01 Å². The maximum absolute atomic E-state index is 11.9. The maximum Gasteiger partial charge on any atom is 0.401 e. The largest absolute Gasteiger partial charge is 0.401 e. The molecule has 0 amide bonds. The smallest absolute Gasteiger partial charge is 0.302 e. The number of rotatable bonds is 3. The van der Waals surface area contributed by atoms with Gasteiger partial charge in [0.15, 0.2) is 0 Å². The number of nitrogens with zero attached hydrogens (tertiary/aromatic N) is 1. The molecule has 0 unspecified atom stereocenters. The zero-order valence-electron chi connectivity index (χ0n) is 8.51. The van der Waals surface area contributed by atoms with Crippen molar-refractivity contribution in [2.24, 2.45) is 0 Å².